The summed E-state index contributed by atoms with van der Waals surface area (Å²) in [5.41, 5.74) is -1.12. The van der Waals surface area contributed by atoms with Crippen molar-refractivity contribution in [1.82, 2.24) is 5.32 Å². The Morgan fingerprint density at radius 2 is 2.15 bits per heavy atom. The van der Waals surface area contributed by atoms with Crippen LogP contribution < -0.4 is 10.1 Å². The third kappa shape index (κ3) is 3.04. The first-order chi connectivity index (χ1) is 9.43. The highest BCUT2D eigenvalue weighted by atomic mass is 35.5. The van der Waals surface area contributed by atoms with Gasteiger partial charge in [0, 0.05) is 5.02 Å². The van der Waals surface area contributed by atoms with Gasteiger partial charge in [0.05, 0.1) is 0 Å². The maximum Gasteiger partial charge on any atom is 0.329 e. The van der Waals surface area contributed by atoms with E-state index < -0.39 is 23.5 Å². The Morgan fingerprint density at radius 3 is 2.65 bits per heavy atom. The number of carbonyl (C=O) groups is 2. The number of amides is 1. The van der Waals surface area contributed by atoms with E-state index in [1.165, 1.54) is 0 Å². The zero-order valence-electron chi connectivity index (χ0n) is 11.1. The highest BCUT2D eigenvalue weighted by Gasteiger charge is 2.46. The molecule has 0 spiro atoms. The fourth-order valence-electron chi connectivity index (χ4n) is 2.06. The average molecular weight is 298 g/mol. The number of carbonyl (C=O) groups excluding carboxylic acids is 1. The van der Waals surface area contributed by atoms with Crippen LogP contribution in [0.3, 0.4) is 0 Å². The highest BCUT2D eigenvalue weighted by molar-refractivity contribution is 6.30. The SMILES string of the molecule is C[C@@H](Oc1cccc(Cl)c1)C(=O)NC1(C(=O)O)CCC1. The van der Waals surface area contributed by atoms with Crippen LogP contribution in [0.15, 0.2) is 24.3 Å². The topological polar surface area (TPSA) is 75.6 Å². The van der Waals surface area contributed by atoms with Gasteiger partial charge in [0.15, 0.2) is 6.10 Å². The minimum absolute atomic E-state index is 0.438. The molecule has 0 saturated heterocycles. The van der Waals surface area contributed by atoms with Crippen LogP contribution in [-0.2, 0) is 9.59 Å². The molecule has 0 aromatic heterocycles. The summed E-state index contributed by atoms with van der Waals surface area (Å²) in [7, 11) is 0. The number of carboxylic acid groups (broad SMARTS) is 1. The van der Waals surface area contributed by atoms with E-state index in [1.54, 1.807) is 31.2 Å². The van der Waals surface area contributed by atoms with Gasteiger partial charge in [-0.1, -0.05) is 17.7 Å². The van der Waals surface area contributed by atoms with Crippen molar-refractivity contribution in [2.45, 2.75) is 37.8 Å². The van der Waals surface area contributed by atoms with Crippen molar-refractivity contribution < 1.29 is 19.4 Å². The number of ether oxygens (including phenoxy) is 1. The van der Waals surface area contributed by atoms with Crippen LogP contribution in [0.25, 0.3) is 0 Å². The van der Waals surface area contributed by atoms with E-state index in [1.807, 2.05) is 0 Å². The molecular weight excluding hydrogens is 282 g/mol. The maximum absolute atomic E-state index is 12.0. The lowest BCUT2D eigenvalue weighted by atomic mass is 9.76. The molecule has 6 heteroatoms. The Bertz CT molecular complexity index is 528. The molecular formula is C14H16ClNO4. The van der Waals surface area contributed by atoms with Gasteiger partial charge in [-0.25, -0.2) is 4.79 Å². The molecule has 0 bridgehead atoms. The normalized spacial score (nSPS) is 17.7. The fourth-order valence-corrected chi connectivity index (χ4v) is 2.24. The van der Waals surface area contributed by atoms with E-state index in [4.69, 9.17) is 21.4 Å². The Balaban J connectivity index is 1.97. The predicted molar refractivity (Wildman–Crippen MR) is 73.9 cm³/mol. The maximum atomic E-state index is 12.0. The Kier molecular flexibility index (Phi) is 4.18. The summed E-state index contributed by atoms with van der Waals surface area (Å²) in [5.74, 6) is -0.961. The molecule has 5 nitrogen and oxygen atoms in total. The first-order valence-corrected chi connectivity index (χ1v) is 6.78. The smallest absolute Gasteiger partial charge is 0.329 e. The molecule has 0 radical (unpaired) electrons. The van der Waals surface area contributed by atoms with Crippen molar-refractivity contribution >= 4 is 23.5 Å². The molecule has 1 aromatic carbocycles. The molecule has 1 atom stereocenters. The van der Waals surface area contributed by atoms with Crippen molar-refractivity contribution in [3.8, 4) is 5.75 Å². The summed E-state index contributed by atoms with van der Waals surface area (Å²) < 4.78 is 5.46. The van der Waals surface area contributed by atoms with Crippen LogP contribution in [0.5, 0.6) is 5.75 Å². The summed E-state index contributed by atoms with van der Waals surface area (Å²) in [4.78, 5) is 23.2. The summed E-state index contributed by atoms with van der Waals surface area (Å²) in [6.45, 7) is 1.57. The van der Waals surface area contributed by atoms with Crippen molar-refractivity contribution in [3.63, 3.8) is 0 Å². The van der Waals surface area contributed by atoms with Crippen molar-refractivity contribution in [3.05, 3.63) is 29.3 Å². The highest BCUT2D eigenvalue weighted by Crippen LogP contribution is 2.32. The summed E-state index contributed by atoms with van der Waals surface area (Å²) in [5, 5.41) is 12.2. The second-order valence-electron chi connectivity index (χ2n) is 4.95. The Hall–Kier alpha value is -1.75. The minimum atomic E-state index is -1.12. The lowest BCUT2D eigenvalue weighted by molar-refractivity contribution is -0.152. The van der Waals surface area contributed by atoms with Crippen LogP contribution in [0.1, 0.15) is 26.2 Å². The fraction of sp³-hybridized carbons (Fsp3) is 0.429. The molecule has 0 heterocycles. The monoisotopic (exact) mass is 297 g/mol. The molecule has 1 aliphatic carbocycles. The van der Waals surface area contributed by atoms with Gasteiger partial charge in [-0.3, -0.25) is 4.79 Å². The molecule has 1 aliphatic rings. The lowest BCUT2D eigenvalue weighted by Crippen LogP contribution is -2.61. The van der Waals surface area contributed by atoms with Crippen molar-refractivity contribution in [2.75, 3.05) is 0 Å². The second kappa shape index (κ2) is 5.71. The van der Waals surface area contributed by atoms with Crippen LogP contribution in [-0.4, -0.2) is 28.6 Å². The number of aliphatic carboxylic acids is 1. The molecule has 0 unspecified atom stereocenters. The Labute approximate surface area is 121 Å². The van der Waals surface area contributed by atoms with Gasteiger partial charge < -0.3 is 15.2 Å². The van der Waals surface area contributed by atoms with E-state index >= 15 is 0 Å². The van der Waals surface area contributed by atoms with Gasteiger partial charge in [0.2, 0.25) is 0 Å². The zero-order chi connectivity index (χ0) is 14.8. The van der Waals surface area contributed by atoms with Crippen LogP contribution in [0.4, 0.5) is 0 Å². The standard InChI is InChI=1S/C14H16ClNO4/c1-9(20-11-5-2-4-10(15)8-11)12(17)16-14(13(18)19)6-3-7-14/h2,4-5,8-9H,3,6-7H2,1H3,(H,16,17)(H,18,19)/t9-/m1/s1. The van der Waals surface area contributed by atoms with Crippen molar-refractivity contribution in [1.29, 1.82) is 0 Å². The van der Waals surface area contributed by atoms with E-state index in [0.717, 1.165) is 6.42 Å². The molecule has 1 saturated carbocycles. The van der Waals surface area contributed by atoms with Crippen LogP contribution >= 0.6 is 11.6 Å². The van der Waals surface area contributed by atoms with Gasteiger partial charge in [0.25, 0.3) is 5.91 Å². The minimum Gasteiger partial charge on any atom is -0.481 e. The average Bonchev–Trinajstić information content (AvgIpc) is 2.32. The van der Waals surface area contributed by atoms with E-state index in [2.05, 4.69) is 5.32 Å². The third-order valence-electron chi connectivity index (χ3n) is 3.46. The lowest BCUT2D eigenvalue weighted by Gasteiger charge is -2.38. The number of carboxylic acids is 1. The second-order valence-corrected chi connectivity index (χ2v) is 5.38. The van der Waals surface area contributed by atoms with Gasteiger partial charge in [0.1, 0.15) is 11.3 Å². The number of nitrogens with one attached hydrogen (secondary N) is 1. The van der Waals surface area contributed by atoms with Gasteiger partial charge in [-0.2, -0.15) is 0 Å². The quantitative estimate of drug-likeness (QED) is 0.874. The van der Waals surface area contributed by atoms with Gasteiger partial charge in [-0.15, -0.1) is 0 Å². The molecule has 2 N–H and O–H groups in total. The summed E-state index contributed by atoms with van der Waals surface area (Å²) in [6, 6.07) is 6.70. The number of rotatable bonds is 5. The third-order valence-corrected chi connectivity index (χ3v) is 3.69. The molecule has 1 fully saturated rings. The molecule has 2 rings (SSSR count). The van der Waals surface area contributed by atoms with Crippen LogP contribution in [0, 0.1) is 0 Å². The largest absolute Gasteiger partial charge is 0.481 e. The zero-order valence-corrected chi connectivity index (χ0v) is 11.8. The first-order valence-electron chi connectivity index (χ1n) is 6.41. The molecule has 20 heavy (non-hydrogen) atoms. The summed E-state index contributed by atoms with van der Waals surface area (Å²) in [6.07, 6.45) is 0.928. The number of hydrogen-bond donors (Lipinski definition) is 2. The van der Waals surface area contributed by atoms with E-state index in [-0.39, 0.29) is 0 Å². The van der Waals surface area contributed by atoms with E-state index in [0.29, 0.717) is 23.6 Å². The molecule has 1 amide bonds. The van der Waals surface area contributed by atoms with Gasteiger partial charge in [-0.05, 0) is 44.4 Å². The molecule has 1 aromatic rings. The van der Waals surface area contributed by atoms with E-state index in [9.17, 15) is 9.59 Å². The number of benzene rings is 1. The first kappa shape index (κ1) is 14.7. The molecule has 108 valence electrons. The Morgan fingerprint density at radius 1 is 1.45 bits per heavy atom. The summed E-state index contributed by atoms with van der Waals surface area (Å²) >= 11 is 5.83. The van der Waals surface area contributed by atoms with Crippen molar-refractivity contribution in [2.24, 2.45) is 0 Å². The van der Waals surface area contributed by atoms with Crippen LogP contribution in [0.2, 0.25) is 5.02 Å². The van der Waals surface area contributed by atoms with Gasteiger partial charge >= 0.3 is 5.97 Å². The predicted octanol–water partition coefficient (Wildman–Crippen LogP) is 2.23. The number of halogens is 1. The molecule has 0 aliphatic heterocycles. The number of hydrogen-bond acceptors (Lipinski definition) is 3.